The van der Waals surface area contributed by atoms with Crippen LogP contribution in [0, 0.1) is 17.3 Å². The molecule has 0 N–H and O–H groups in total. The molecule has 4 nitrogen and oxygen atoms in total. The number of ether oxygens (including phenoxy) is 2. The van der Waals surface area contributed by atoms with E-state index in [9.17, 15) is 9.59 Å². The molecule has 0 bridgehead atoms. The van der Waals surface area contributed by atoms with E-state index in [4.69, 9.17) is 9.47 Å². The molecule has 0 aromatic carbocycles. The summed E-state index contributed by atoms with van der Waals surface area (Å²) < 4.78 is 11.3. The molecule has 24 heavy (non-hydrogen) atoms. The second-order valence-electron chi connectivity index (χ2n) is 8.09. The third-order valence-electron chi connectivity index (χ3n) is 6.63. The van der Waals surface area contributed by atoms with Crippen LogP contribution >= 0.6 is 0 Å². The first kappa shape index (κ1) is 17.4. The highest BCUT2D eigenvalue weighted by molar-refractivity contribution is 5.95. The molecule has 0 unspecified atom stereocenters. The first-order chi connectivity index (χ1) is 11.2. The maximum atomic E-state index is 12.5. The van der Waals surface area contributed by atoms with Crippen molar-refractivity contribution >= 4 is 11.8 Å². The van der Waals surface area contributed by atoms with Crippen LogP contribution in [-0.2, 0) is 19.1 Å². The molecule has 2 aliphatic carbocycles. The van der Waals surface area contributed by atoms with Crippen LogP contribution < -0.4 is 0 Å². The normalized spacial score (nSPS) is 42.2. The highest BCUT2D eigenvalue weighted by Gasteiger charge is 2.57. The molecule has 2 fully saturated rings. The van der Waals surface area contributed by atoms with E-state index in [1.807, 2.05) is 19.9 Å². The molecule has 0 radical (unpaired) electrons. The smallest absolute Gasteiger partial charge is 0.333 e. The largest absolute Gasteiger partial charge is 0.459 e. The lowest BCUT2D eigenvalue weighted by atomic mass is 9.56. The molecule has 0 aromatic rings. The van der Waals surface area contributed by atoms with E-state index in [1.54, 1.807) is 13.0 Å². The summed E-state index contributed by atoms with van der Waals surface area (Å²) in [6.07, 6.45) is 5.93. The van der Waals surface area contributed by atoms with Gasteiger partial charge in [-0.25, -0.2) is 4.79 Å². The Hall–Kier alpha value is -1.42. The zero-order valence-electron chi connectivity index (χ0n) is 15.3. The van der Waals surface area contributed by atoms with Crippen LogP contribution in [-0.4, -0.2) is 30.1 Å². The van der Waals surface area contributed by atoms with Gasteiger partial charge in [0.1, 0.15) is 6.10 Å². The number of carbonyl (C=O) groups is 2. The molecular weight excluding hydrogens is 304 g/mol. The topological polar surface area (TPSA) is 55.9 Å². The number of rotatable bonds is 3. The fourth-order valence-corrected chi connectivity index (χ4v) is 4.23. The van der Waals surface area contributed by atoms with Gasteiger partial charge in [-0.3, -0.25) is 4.79 Å². The number of hydrogen-bond donors (Lipinski definition) is 0. The van der Waals surface area contributed by atoms with Crippen molar-refractivity contribution in [1.82, 2.24) is 0 Å². The average molecular weight is 332 g/mol. The van der Waals surface area contributed by atoms with Gasteiger partial charge in [-0.1, -0.05) is 25.5 Å². The van der Waals surface area contributed by atoms with Crippen molar-refractivity contribution in [2.45, 2.75) is 65.6 Å². The van der Waals surface area contributed by atoms with Gasteiger partial charge in [0, 0.05) is 11.5 Å². The lowest BCUT2D eigenvalue weighted by Gasteiger charge is -2.49. The molecule has 132 valence electrons. The fraction of sp³-hybridized carbons (Fsp3) is 0.700. The molecule has 0 amide bonds. The summed E-state index contributed by atoms with van der Waals surface area (Å²) in [5.41, 5.74) is 1.45. The van der Waals surface area contributed by atoms with Gasteiger partial charge in [-0.05, 0) is 51.5 Å². The van der Waals surface area contributed by atoms with Crippen LogP contribution in [0.5, 0.6) is 0 Å². The van der Waals surface area contributed by atoms with Crippen molar-refractivity contribution in [3.63, 3.8) is 0 Å². The van der Waals surface area contributed by atoms with Crippen molar-refractivity contribution in [2.75, 3.05) is 6.61 Å². The minimum Gasteiger partial charge on any atom is -0.459 e. The van der Waals surface area contributed by atoms with E-state index < -0.39 is 0 Å². The molecule has 1 heterocycles. The van der Waals surface area contributed by atoms with Crippen LogP contribution in [0.2, 0.25) is 0 Å². The van der Waals surface area contributed by atoms with Crippen molar-refractivity contribution in [2.24, 2.45) is 17.3 Å². The Balaban J connectivity index is 1.82. The van der Waals surface area contributed by atoms with E-state index in [-0.39, 0.29) is 40.7 Å². The fourth-order valence-electron chi connectivity index (χ4n) is 4.23. The summed E-state index contributed by atoms with van der Waals surface area (Å²) >= 11 is 0. The second-order valence-corrected chi connectivity index (χ2v) is 8.09. The molecule has 3 rings (SSSR count). The predicted molar refractivity (Wildman–Crippen MR) is 91.4 cm³/mol. The van der Waals surface area contributed by atoms with E-state index in [2.05, 4.69) is 13.8 Å². The summed E-state index contributed by atoms with van der Waals surface area (Å²) in [6, 6.07) is 0. The number of esters is 1. The van der Waals surface area contributed by atoms with E-state index >= 15 is 0 Å². The molecule has 4 heteroatoms. The minimum absolute atomic E-state index is 0.0829. The Morgan fingerprint density at radius 3 is 2.67 bits per heavy atom. The quantitative estimate of drug-likeness (QED) is 0.450. The molecule has 1 saturated heterocycles. The first-order valence-corrected chi connectivity index (χ1v) is 8.94. The Kier molecular flexibility index (Phi) is 4.23. The van der Waals surface area contributed by atoms with Gasteiger partial charge in [0.25, 0.3) is 0 Å². The third kappa shape index (κ3) is 2.75. The van der Waals surface area contributed by atoms with Gasteiger partial charge in [0.15, 0.2) is 5.78 Å². The van der Waals surface area contributed by atoms with E-state index in [0.717, 1.165) is 19.3 Å². The van der Waals surface area contributed by atoms with Gasteiger partial charge < -0.3 is 9.47 Å². The highest BCUT2D eigenvalue weighted by Crippen LogP contribution is 2.55. The Labute approximate surface area is 144 Å². The van der Waals surface area contributed by atoms with E-state index in [1.165, 1.54) is 5.57 Å². The summed E-state index contributed by atoms with van der Waals surface area (Å²) in [5, 5.41) is 0. The number of hydrogen-bond acceptors (Lipinski definition) is 4. The summed E-state index contributed by atoms with van der Waals surface area (Å²) in [6.45, 7) is 10.7. The molecule has 0 aromatic heterocycles. The molecule has 0 spiro atoms. The van der Waals surface area contributed by atoms with Crippen molar-refractivity contribution < 1.29 is 19.1 Å². The third-order valence-corrected chi connectivity index (χ3v) is 6.63. The lowest BCUT2D eigenvalue weighted by molar-refractivity contribution is -0.152. The van der Waals surface area contributed by atoms with Crippen LogP contribution in [0.4, 0.5) is 0 Å². The Bertz CT molecular complexity index is 626. The number of carbonyl (C=O) groups excluding carboxylic acids is 2. The van der Waals surface area contributed by atoms with E-state index in [0.29, 0.717) is 12.2 Å². The molecule has 1 aliphatic heterocycles. The monoisotopic (exact) mass is 332 g/mol. The van der Waals surface area contributed by atoms with Crippen molar-refractivity contribution in [1.29, 1.82) is 0 Å². The van der Waals surface area contributed by atoms with Gasteiger partial charge in [0.2, 0.25) is 0 Å². The van der Waals surface area contributed by atoms with Crippen LogP contribution in [0.15, 0.2) is 23.3 Å². The van der Waals surface area contributed by atoms with Gasteiger partial charge in [0.05, 0.1) is 18.1 Å². The Morgan fingerprint density at radius 1 is 1.42 bits per heavy atom. The minimum atomic E-state index is -0.299. The van der Waals surface area contributed by atoms with Crippen LogP contribution in [0.1, 0.15) is 53.9 Å². The first-order valence-electron chi connectivity index (χ1n) is 8.94. The number of allylic oxidation sites excluding steroid dienone is 3. The van der Waals surface area contributed by atoms with Gasteiger partial charge >= 0.3 is 5.97 Å². The Morgan fingerprint density at radius 2 is 2.08 bits per heavy atom. The lowest BCUT2D eigenvalue weighted by Crippen LogP contribution is -2.48. The maximum Gasteiger partial charge on any atom is 0.333 e. The zero-order valence-corrected chi connectivity index (χ0v) is 15.3. The van der Waals surface area contributed by atoms with Crippen molar-refractivity contribution in [3.05, 3.63) is 23.3 Å². The van der Waals surface area contributed by atoms with Gasteiger partial charge in [-0.2, -0.15) is 0 Å². The van der Waals surface area contributed by atoms with Crippen molar-refractivity contribution in [3.8, 4) is 0 Å². The number of epoxide rings is 1. The maximum absolute atomic E-state index is 12.5. The standard InChI is InChI=1S/C20H28O4/c1-6-12(2)18(22)24-17-8-7-14-9-16(21)15(20(5)11-23-20)10-19(14,4)13(17)3/h6,9,13,15,17H,7-8,10-11H2,1-5H3/b12-6-/t13-,15-,17+,19+,20+/m0/s1. The predicted octanol–water partition coefficient (Wildman–Crippen LogP) is 3.60. The van der Waals surface area contributed by atoms with Crippen LogP contribution in [0.25, 0.3) is 0 Å². The summed E-state index contributed by atoms with van der Waals surface area (Å²) in [7, 11) is 0. The number of fused-ring (bicyclic) bond motifs is 1. The zero-order chi connectivity index (χ0) is 17.7. The summed E-state index contributed by atoms with van der Waals surface area (Å²) in [4.78, 5) is 24.7. The average Bonchev–Trinajstić information content (AvgIpc) is 3.29. The number of ketones is 1. The molecular formula is C20H28O4. The highest BCUT2D eigenvalue weighted by atomic mass is 16.6. The second kappa shape index (κ2) is 5.83. The summed E-state index contributed by atoms with van der Waals surface area (Å²) in [5.74, 6) is 0.0747. The molecule has 5 atom stereocenters. The van der Waals surface area contributed by atoms with Crippen LogP contribution in [0.3, 0.4) is 0 Å². The molecule has 3 aliphatic rings. The van der Waals surface area contributed by atoms with Gasteiger partial charge in [-0.15, -0.1) is 0 Å². The SMILES string of the molecule is C/C=C(/C)C(=O)O[C@@H]1CCC2=CC(=O)[C@@H]([C@@]3(C)CO3)C[C@]2(C)[C@H]1C. The molecule has 1 saturated carbocycles.